The minimum absolute atomic E-state index is 0.298. The molecule has 0 unspecified atom stereocenters. The molecule has 0 aliphatic heterocycles. The lowest BCUT2D eigenvalue weighted by Gasteiger charge is -2.09. The zero-order chi connectivity index (χ0) is 14.3. The first-order valence-corrected chi connectivity index (χ1v) is 5.84. The Hall–Kier alpha value is -2.08. The van der Waals surface area contributed by atoms with E-state index in [2.05, 4.69) is 5.32 Å². The Morgan fingerprint density at radius 3 is 2.74 bits per heavy atom. The number of nitrogens with two attached hydrogens (primary N) is 1. The van der Waals surface area contributed by atoms with Crippen molar-refractivity contribution in [3.05, 3.63) is 29.3 Å². The van der Waals surface area contributed by atoms with Crippen LogP contribution in [0.1, 0.15) is 15.9 Å². The molecule has 3 N–H and O–H groups in total. The molecule has 104 valence electrons. The number of hydrogen-bond acceptors (Lipinski definition) is 5. The smallest absolute Gasteiger partial charge is 0.341 e. The number of methoxy groups -OCH3 is 1. The van der Waals surface area contributed by atoms with Crippen molar-refractivity contribution in [3.63, 3.8) is 0 Å². The fourth-order valence-corrected chi connectivity index (χ4v) is 1.52. The van der Waals surface area contributed by atoms with Gasteiger partial charge in [0, 0.05) is 19.3 Å². The molecule has 0 saturated heterocycles. The van der Waals surface area contributed by atoms with Gasteiger partial charge >= 0.3 is 5.97 Å². The van der Waals surface area contributed by atoms with Crippen molar-refractivity contribution in [1.82, 2.24) is 5.32 Å². The number of amides is 1. The first-order valence-electron chi connectivity index (χ1n) is 5.84. The minimum Gasteiger partial charge on any atom is -0.452 e. The second kappa shape index (κ2) is 7.38. The molecule has 0 bridgehead atoms. The third-order valence-corrected chi connectivity index (χ3v) is 2.47. The molecule has 19 heavy (non-hydrogen) atoms. The molecule has 1 rings (SSSR count). The van der Waals surface area contributed by atoms with E-state index in [9.17, 15) is 9.59 Å². The Balaban J connectivity index is 2.49. The molecule has 0 saturated carbocycles. The summed E-state index contributed by atoms with van der Waals surface area (Å²) in [7, 11) is 1.53. The minimum atomic E-state index is -0.600. The monoisotopic (exact) mass is 266 g/mol. The van der Waals surface area contributed by atoms with Gasteiger partial charge in [-0.3, -0.25) is 4.79 Å². The maximum Gasteiger partial charge on any atom is 0.341 e. The molecule has 1 aromatic rings. The molecule has 0 aromatic heterocycles. The molecule has 1 amide bonds. The van der Waals surface area contributed by atoms with Crippen LogP contribution in [0, 0.1) is 6.92 Å². The van der Waals surface area contributed by atoms with E-state index < -0.39 is 5.97 Å². The molecule has 0 aliphatic carbocycles. The van der Waals surface area contributed by atoms with E-state index in [1.807, 2.05) is 0 Å². The van der Waals surface area contributed by atoms with Gasteiger partial charge < -0.3 is 20.5 Å². The SMILES string of the molecule is COCCNC(=O)COC(=O)c1c(C)cccc1N. The van der Waals surface area contributed by atoms with Gasteiger partial charge in [0.05, 0.1) is 12.2 Å². The van der Waals surface area contributed by atoms with Gasteiger partial charge in [-0.05, 0) is 18.6 Å². The molecule has 0 radical (unpaired) electrons. The van der Waals surface area contributed by atoms with Gasteiger partial charge in [-0.1, -0.05) is 12.1 Å². The highest BCUT2D eigenvalue weighted by Gasteiger charge is 2.15. The first-order chi connectivity index (χ1) is 9.06. The van der Waals surface area contributed by atoms with Crippen LogP contribution in [0.3, 0.4) is 0 Å². The lowest BCUT2D eigenvalue weighted by Crippen LogP contribution is -2.31. The number of benzene rings is 1. The van der Waals surface area contributed by atoms with Crippen molar-refractivity contribution in [2.75, 3.05) is 32.6 Å². The van der Waals surface area contributed by atoms with Crippen LogP contribution in [0.25, 0.3) is 0 Å². The van der Waals surface area contributed by atoms with Crippen LogP contribution in [-0.2, 0) is 14.3 Å². The van der Waals surface area contributed by atoms with Crippen LogP contribution in [0.4, 0.5) is 5.69 Å². The topological polar surface area (TPSA) is 90.6 Å². The van der Waals surface area contributed by atoms with Gasteiger partial charge in [-0.15, -0.1) is 0 Å². The zero-order valence-corrected chi connectivity index (χ0v) is 11.1. The fraction of sp³-hybridized carbons (Fsp3) is 0.385. The predicted octanol–water partition coefficient (Wildman–Crippen LogP) is 0.497. The summed E-state index contributed by atoms with van der Waals surface area (Å²) in [6, 6.07) is 5.12. The van der Waals surface area contributed by atoms with Crippen LogP contribution in [0.2, 0.25) is 0 Å². The number of rotatable bonds is 6. The van der Waals surface area contributed by atoms with Crippen molar-refractivity contribution < 1.29 is 19.1 Å². The van der Waals surface area contributed by atoms with Crippen molar-refractivity contribution in [2.24, 2.45) is 0 Å². The van der Waals surface area contributed by atoms with Gasteiger partial charge in [-0.2, -0.15) is 0 Å². The number of esters is 1. The highest BCUT2D eigenvalue weighted by atomic mass is 16.5. The van der Waals surface area contributed by atoms with E-state index >= 15 is 0 Å². The Labute approximate surface area is 111 Å². The van der Waals surface area contributed by atoms with Crippen LogP contribution in [0.15, 0.2) is 18.2 Å². The van der Waals surface area contributed by atoms with Gasteiger partial charge in [-0.25, -0.2) is 4.79 Å². The van der Waals surface area contributed by atoms with Gasteiger partial charge in [0.25, 0.3) is 5.91 Å². The molecule has 1 aromatic carbocycles. The first kappa shape index (κ1) is 15.0. The normalized spacial score (nSPS) is 10.0. The number of nitrogen functional groups attached to an aromatic ring is 1. The number of hydrogen-bond donors (Lipinski definition) is 2. The van der Waals surface area contributed by atoms with E-state index in [4.69, 9.17) is 15.2 Å². The second-order valence-corrected chi connectivity index (χ2v) is 3.96. The predicted molar refractivity (Wildman–Crippen MR) is 70.8 cm³/mol. The Bertz CT molecular complexity index is 440. The average Bonchev–Trinajstić information content (AvgIpc) is 2.36. The summed E-state index contributed by atoms with van der Waals surface area (Å²) in [4.78, 5) is 23.2. The third kappa shape index (κ3) is 4.59. The zero-order valence-electron chi connectivity index (χ0n) is 11.1. The fourth-order valence-electron chi connectivity index (χ4n) is 1.52. The van der Waals surface area contributed by atoms with Crippen LogP contribution in [-0.4, -0.2) is 38.7 Å². The van der Waals surface area contributed by atoms with Crippen molar-refractivity contribution >= 4 is 17.6 Å². The van der Waals surface area contributed by atoms with E-state index in [-0.39, 0.29) is 12.5 Å². The number of anilines is 1. The molecule has 0 spiro atoms. The highest BCUT2D eigenvalue weighted by Crippen LogP contribution is 2.17. The summed E-state index contributed by atoms with van der Waals surface area (Å²) in [5.41, 5.74) is 7.06. The summed E-state index contributed by atoms with van der Waals surface area (Å²) >= 11 is 0. The molecule has 6 nitrogen and oxygen atoms in total. The molecule has 0 atom stereocenters. The molecule has 0 heterocycles. The lowest BCUT2D eigenvalue weighted by atomic mass is 10.1. The number of nitrogens with one attached hydrogen (secondary N) is 1. The Kier molecular flexibility index (Phi) is 5.81. The number of aryl methyl sites for hydroxylation is 1. The van der Waals surface area contributed by atoms with Gasteiger partial charge in [0.1, 0.15) is 0 Å². The standard InChI is InChI=1S/C13H18N2O4/c1-9-4-3-5-10(14)12(9)13(17)19-8-11(16)15-6-7-18-2/h3-5H,6-8,14H2,1-2H3,(H,15,16). The summed E-state index contributed by atoms with van der Waals surface area (Å²) in [6.07, 6.45) is 0. The molecular weight excluding hydrogens is 248 g/mol. The number of ether oxygens (including phenoxy) is 2. The number of carbonyl (C=O) groups is 2. The second-order valence-electron chi connectivity index (χ2n) is 3.96. The number of carbonyl (C=O) groups excluding carboxylic acids is 2. The van der Waals surface area contributed by atoms with Crippen LogP contribution in [0.5, 0.6) is 0 Å². The van der Waals surface area contributed by atoms with E-state index in [0.717, 1.165) is 0 Å². The van der Waals surface area contributed by atoms with E-state index in [0.29, 0.717) is 30.0 Å². The lowest BCUT2D eigenvalue weighted by molar-refractivity contribution is -0.124. The van der Waals surface area contributed by atoms with Crippen LogP contribution >= 0.6 is 0 Å². The molecule has 0 fully saturated rings. The summed E-state index contributed by atoms with van der Waals surface area (Å²) in [5.74, 6) is -0.977. The summed E-state index contributed by atoms with van der Waals surface area (Å²) < 4.78 is 9.69. The molecule has 0 aliphatic rings. The molecule has 6 heteroatoms. The third-order valence-electron chi connectivity index (χ3n) is 2.47. The van der Waals surface area contributed by atoms with Crippen molar-refractivity contribution in [2.45, 2.75) is 6.92 Å². The average molecular weight is 266 g/mol. The quantitative estimate of drug-likeness (QED) is 0.444. The van der Waals surface area contributed by atoms with Crippen molar-refractivity contribution in [1.29, 1.82) is 0 Å². The highest BCUT2D eigenvalue weighted by molar-refractivity contribution is 5.97. The van der Waals surface area contributed by atoms with Crippen molar-refractivity contribution in [3.8, 4) is 0 Å². The van der Waals surface area contributed by atoms with Crippen LogP contribution < -0.4 is 11.1 Å². The van der Waals surface area contributed by atoms with Gasteiger partial charge in [0.2, 0.25) is 0 Å². The molecular formula is C13H18N2O4. The maximum absolute atomic E-state index is 11.8. The van der Waals surface area contributed by atoms with Gasteiger partial charge in [0.15, 0.2) is 6.61 Å². The summed E-state index contributed by atoms with van der Waals surface area (Å²) in [5, 5.41) is 2.55. The Morgan fingerprint density at radius 1 is 1.37 bits per heavy atom. The van der Waals surface area contributed by atoms with E-state index in [1.165, 1.54) is 7.11 Å². The Morgan fingerprint density at radius 2 is 2.11 bits per heavy atom. The van der Waals surface area contributed by atoms with E-state index in [1.54, 1.807) is 25.1 Å². The maximum atomic E-state index is 11.8. The largest absolute Gasteiger partial charge is 0.452 e. The summed E-state index contributed by atoms with van der Waals surface area (Å²) in [6.45, 7) is 2.20.